The van der Waals surface area contributed by atoms with E-state index in [0.717, 1.165) is 41.5 Å². The molecule has 3 aliphatic heterocycles. The highest BCUT2D eigenvalue weighted by Gasteiger charge is 2.61. The van der Waals surface area contributed by atoms with Crippen LogP contribution in [-0.4, -0.2) is 54.2 Å². The molecule has 41 heavy (non-hydrogen) atoms. The molecule has 0 amide bonds. The molecule has 7 rings (SSSR count). The van der Waals surface area contributed by atoms with Crippen LogP contribution in [0.1, 0.15) is 48.4 Å². The first-order valence-electron chi connectivity index (χ1n) is 13.9. The van der Waals surface area contributed by atoms with E-state index in [0.29, 0.717) is 23.0 Å². The lowest BCUT2D eigenvalue weighted by molar-refractivity contribution is -0.977. The molecule has 0 saturated heterocycles. The van der Waals surface area contributed by atoms with Gasteiger partial charge in [0.25, 0.3) is 6.21 Å². The predicted octanol–water partition coefficient (Wildman–Crippen LogP) is 4.41. The third kappa shape index (κ3) is 4.22. The Bertz CT molecular complexity index is 1440. The van der Waals surface area contributed by atoms with E-state index < -0.39 is 29.2 Å². The average Bonchev–Trinajstić information content (AvgIpc) is 3.62. The molecular formula is C32H32NO8+. The van der Waals surface area contributed by atoms with Gasteiger partial charge in [-0.15, -0.1) is 0 Å². The van der Waals surface area contributed by atoms with E-state index in [1.54, 1.807) is 0 Å². The lowest BCUT2D eigenvalue weighted by atomic mass is 9.71. The highest BCUT2D eigenvalue weighted by atomic mass is 16.9. The molecule has 3 aromatic carbocycles. The van der Waals surface area contributed by atoms with E-state index in [2.05, 4.69) is 24.3 Å². The van der Waals surface area contributed by atoms with E-state index >= 15 is 0 Å². The Morgan fingerprint density at radius 3 is 2.37 bits per heavy atom. The standard InChI is InChI=1S/C32H32NO8/c1-21(34)39-29-30(40-28-13-8-14-32(28,23-9-4-2-5-10-23)24-11-6-3-7-12-24)41-33(35)18-31(29)19-36-17-22-15-26-27(16-25(22)31)38-20-37-26/h2-7,9-12,15-16,18,28-30,35H,8,13-14,17,19-20H2,1H3/q+1. The van der Waals surface area contributed by atoms with E-state index in [9.17, 15) is 10.0 Å². The van der Waals surface area contributed by atoms with Gasteiger partial charge in [0.15, 0.2) is 22.5 Å². The number of rotatable bonds is 5. The number of ether oxygens (including phenoxy) is 5. The highest BCUT2D eigenvalue weighted by molar-refractivity contribution is 5.76. The molecule has 4 aliphatic rings. The molecule has 1 aliphatic carbocycles. The minimum Gasteiger partial charge on any atom is -0.454 e. The normalized spacial score (nSPS) is 27.5. The number of carbonyl (C=O) groups excluding carboxylic acids is 1. The van der Waals surface area contributed by atoms with Crippen molar-refractivity contribution in [3.05, 3.63) is 95.1 Å². The number of hydrogen-bond acceptors (Lipinski definition) is 8. The minimum atomic E-state index is -1.14. The Labute approximate surface area is 237 Å². The van der Waals surface area contributed by atoms with Gasteiger partial charge in [-0.25, -0.2) is 5.21 Å². The van der Waals surface area contributed by atoms with E-state index in [1.165, 1.54) is 13.1 Å². The Morgan fingerprint density at radius 2 is 1.68 bits per heavy atom. The summed E-state index contributed by atoms with van der Waals surface area (Å²) in [6.07, 6.45) is 1.60. The third-order valence-corrected chi connectivity index (χ3v) is 8.76. The van der Waals surface area contributed by atoms with Crippen LogP contribution in [0.15, 0.2) is 72.8 Å². The summed E-state index contributed by atoms with van der Waals surface area (Å²) in [4.78, 5) is 19.1. The van der Waals surface area contributed by atoms with Crippen LogP contribution in [-0.2, 0) is 41.3 Å². The number of benzene rings is 3. The van der Waals surface area contributed by atoms with E-state index in [-0.39, 0.29) is 19.5 Å². The molecular weight excluding hydrogens is 526 g/mol. The fourth-order valence-corrected chi connectivity index (χ4v) is 7.05. The summed E-state index contributed by atoms with van der Waals surface area (Å²) < 4.78 is 30.2. The maximum absolute atomic E-state index is 12.6. The monoisotopic (exact) mass is 558 g/mol. The van der Waals surface area contributed by atoms with Crippen molar-refractivity contribution in [2.45, 2.75) is 62.1 Å². The van der Waals surface area contributed by atoms with Crippen molar-refractivity contribution < 1.29 is 43.4 Å². The maximum atomic E-state index is 12.6. The number of fused-ring (bicyclic) bond motifs is 3. The van der Waals surface area contributed by atoms with Crippen LogP contribution in [0.5, 0.6) is 11.5 Å². The van der Waals surface area contributed by atoms with Gasteiger partial charge >= 0.3 is 12.3 Å². The maximum Gasteiger partial charge on any atom is 0.314 e. The summed E-state index contributed by atoms with van der Waals surface area (Å²) in [6.45, 7) is 1.94. The zero-order chi connectivity index (χ0) is 28.0. The molecule has 3 aromatic rings. The summed E-state index contributed by atoms with van der Waals surface area (Å²) >= 11 is 0. The molecule has 3 heterocycles. The third-order valence-electron chi connectivity index (χ3n) is 8.76. The zero-order valence-corrected chi connectivity index (χ0v) is 22.7. The first kappa shape index (κ1) is 25.9. The molecule has 1 N–H and O–H groups in total. The molecule has 1 saturated carbocycles. The lowest BCUT2D eigenvalue weighted by Gasteiger charge is -2.44. The summed E-state index contributed by atoms with van der Waals surface area (Å²) in [5.74, 6) is 0.704. The van der Waals surface area contributed by atoms with Crippen molar-refractivity contribution in [3.8, 4) is 11.5 Å². The average molecular weight is 559 g/mol. The molecule has 1 spiro atoms. The summed E-state index contributed by atoms with van der Waals surface area (Å²) in [6, 6.07) is 24.4. The second-order valence-electron chi connectivity index (χ2n) is 11.1. The Morgan fingerprint density at radius 1 is 1.00 bits per heavy atom. The van der Waals surface area contributed by atoms with Crippen LogP contribution < -0.4 is 9.47 Å². The summed E-state index contributed by atoms with van der Waals surface area (Å²) in [5, 5.41) is 10.9. The van der Waals surface area contributed by atoms with Gasteiger partial charge in [-0.2, -0.15) is 4.84 Å². The van der Waals surface area contributed by atoms with Gasteiger partial charge in [0.2, 0.25) is 6.79 Å². The van der Waals surface area contributed by atoms with Gasteiger partial charge in [-0.3, -0.25) is 4.79 Å². The fraction of sp³-hybridized carbons (Fsp3) is 0.375. The van der Waals surface area contributed by atoms with Gasteiger partial charge < -0.3 is 23.7 Å². The number of carbonyl (C=O) groups is 1. The zero-order valence-electron chi connectivity index (χ0n) is 22.7. The van der Waals surface area contributed by atoms with Crippen molar-refractivity contribution in [1.82, 2.24) is 0 Å². The van der Waals surface area contributed by atoms with Crippen LogP contribution in [0, 0.1) is 0 Å². The van der Waals surface area contributed by atoms with Gasteiger partial charge in [0.05, 0.1) is 19.3 Å². The van der Waals surface area contributed by atoms with E-state index in [4.69, 9.17) is 28.5 Å². The van der Waals surface area contributed by atoms with Crippen LogP contribution in [0.4, 0.5) is 0 Å². The van der Waals surface area contributed by atoms with Crippen LogP contribution in [0.25, 0.3) is 0 Å². The van der Waals surface area contributed by atoms with Crippen LogP contribution in [0.3, 0.4) is 0 Å². The number of esters is 1. The second-order valence-corrected chi connectivity index (χ2v) is 11.1. The highest BCUT2D eigenvalue weighted by Crippen LogP contribution is 2.50. The molecule has 4 atom stereocenters. The van der Waals surface area contributed by atoms with Gasteiger partial charge in [-0.1, -0.05) is 60.7 Å². The van der Waals surface area contributed by atoms with E-state index in [1.807, 2.05) is 48.5 Å². The molecule has 0 radical (unpaired) electrons. The molecule has 9 nitrogen and oxygen atoms in total. The molecule has 1 fully saturated rings. The summed E-state index contributed by atoms with van der Waals surface area (Å²) in [7, 11) is 0. The topological polar surface area (TPSA) is 95.7 Å². The van der Waals surface area contributed by atoms with Crippen molar-refractivity contribution in [1.29, 1.82) is 0 Å². The van der Waals surface area contributed by atoms with Crippen molar-refractivity contribution in [3.63, 3.8) is 0 Å². The second kappa shape index (κ2) is 10.1. The van der Waals surface area contributed by atoms with Crippen LogP contribution in [0.2, 0.25) is 0 Å². The molecule has 9 heteroatoms. The Balaban J connectivity index is 1.32. The Kier molecular flexibility index (Phi) is 6.36. The lowest BCUT2D eigenvalue weighted by Crippen LogP contribution is -2.62. The first-order valence-corrected chi connectivity index (χ1v) is 13.9. The number of hydrogen-bond donors (Lipinski definition) is 1. The minimum absolute atomic E-state index is 0.118. The van der Waals surface area contributed by atoms with Crippen molar-refractivity contribution >= 4 is 12.2 Å². The smallest absolute Gasteiger partial charge is 0.314 e. The fourth-order valence-electron chi connectivity index (χ4n) is 7.05. The molecule has 0 bridgehead atoms. The first-order chi connectivity index (χ1) is 20.0. The largest absolute Gasteiger partial charge is 0.454 e. The Hall–Kier alpha value is -4.08. The van der Waals surface area contributed by atoms with Gasteiger partial charge in [0.1, 0.15) is 5.41 Å². The van der Waals surface area contributed by atoms with Gasteiger partial charge in [0, 0.05) is 12.3 Å². The van der Waals surface area contributed by atoms with Crippen LogP contribution >= 0.6 is 0 Å². The number of nitrogens with zero attached hydrogens (tertiary/aromatic N) is 1. The van der Waals surface area contributed by atoms with Crippen molar-refractivity contribution in [2.75, 3.05) is 13.4 Å². The van der Waals surface area contributed by atoms with Crippen molar-refractivity contribution in [2.24, 2.45) is 0 Å². The SMILES string of the molecule is CC(=O)OC1C(OC2CCCC2(c2ccccc2)c2ccccc2)O[N+](O)=CC12COCc1cc3c(cc12)OCO3. The predicted molar refractivity (Wildman–Crippen MR) is 145 cm³/mol. The summed E-state index contributed by atoms with van der Waals surface area (Å²) in [5.41, 5.74) is 2.32. The molecule has 4 unspecified atom stereocenters. The quantitative estimate of drug-likeness (QED) is 0.364. The van der Waals surface area contributed by atoms with Gasteiger partial charge in [-0.05, 0) is 53.6 Å². The molecule has 212 valence electrons. The molecule has 0 aromatic heterocycles.